The van der Waals surface area contributed by atoms with Crippen LogP contribution >= 0.6 is 0 Å². The lowest BCUT2D eigenvalue weighted by molar-refractivity contribution is 0.337. The van der Waals surface area contributed by atoms with E-state index in [1.807, 2.05) is 24.3 Å². The monoisotopic (exact) mass is 365 g/mol. The van der Waals surface area contributed by atoms with E-state index in [-0.39, 0.29) is 6.04 Å². The first-order chi connectivity index (χ1) is 13.1. The molecule has 0 saturated heterocycles. The molecule has 0 amide bonds. The first-order valence-electron chi connectivity index (χ1n) is 9.40. The molecule has 0 aliphatic carbocycles. The number of rotatable bonds is 8. The third-order valence-electron chi connectivity index (χ3n) is 4.68. The molecule has 27 heavy (non-hydrogen) atoms. The Morgan fingerprint density at radius 1 is 1.11 bits per heavy atom. The zero-order valence-electron chi connectivity index (χ0n) is 16.4. The van der Waals surface area contributed by atoms with Crippen LogP contribution in [0, 0.1) is 5.92 Å². The van der Waals surface area contributed by atoms with Crippen LogP contribution < -0.4 is 10.1 Å². The Bertz CT molecular complexity index is 856. The molecule has 3 rings (SSSR count). The van der Waals surface area contributed by atoms with Gasteiger partial charge < -0.3 is 14.6 Å². The smallest absolute Gasteiger partial charge is 0.240 e. The molecule has 3 aromatic rings. The molecule has 5 heteroatoms. The lowest BCUT2D eigenvalue weighted by Crippen LogP contribution is -2.25. The van der Waals surface area contributed by atoms with Crippen LogP contribution in [0.2, 0.25) is 0 Å². The number of benzene rings is 2. The summed E-state index contributed by atoms with van der Waals surface area (Å²) in [6.45, 7) is 7.11. The van der Waals surface area contributed by atoms with Gasteiger partial charge in [0.2, 0.25) is 11.7 Å². The Hall–Kier alpha value is -2.66. The lowest BCUT2D eigenvalue weighted by Gasteiger charge is -2.22. The van der Waals surface area contributed by atoms with E-state index in [1.54, 1.807) is 7.11 Å². The Labute approximate surface area is 160 Å². The van der Waals surface area contributed by atoms with E-state index < -0.39 is 0 Å². The zero-order chi connectivity index (χ0) is 19.2. The Kier molecular flexibility index (Phi) is 6.24. The minimum Gasteiger partial charge on any atom is -0.497 e. The Morgan fingerprint density at radius 2 is 1.89 bits per heavy atom. The van der Waals surface area contributed by atoms with Gasteiger partial charge in [-0.2, -0.15) is 4.98 Å². The number of ether oxygens (including phenoxy) is 1. The summed E-state index contributed by atoms with van der Waals surface area (Å²) in [6.07, 6.45) is 1.05. The highest BCUT2D eigenvalue weighted by molar-refractivity contribution is 5.56. The van der Waals surface area contributed by atoms with E-state index in [0.29, 0.717) is 24.2 Å². The maximum Gasteiger partial charge on any atom is 0.240 e. The maximum absolute atomic E-state index is 5.43. The Balaban J connectivity index is 1.69. The van der Waals surface area contributed by atoms with Crippen LogP contribution in [0.5, 0.6) is 5.75 Å². The largest absolute Gasteiger partial charge is 0.497 e. The molecule has 0 saturated carbocycles. The summed E-state index contributed by atoms with van der Waals surface area (Å²) >= 11 is 0. The summed E-state index contributed by atoms with van der Waals surface area (Å²) in [5.74, 6) is 2.35. The summed E-state index contributed by atoms with van der Waals surface area (Å²) in [7, 11) is 1.64. The second kappa shape index (κ2) is 8.82. The molecule has 0 spiro atoms. The van der Waals surface area contributed by atoms with Gasteiger partial charge in [-0.25, -0.2) is 0 Å². The van der Waals surface area contributed by atoms with E-state index in [2.05, 4.69) is 60.5 Å². The van der Waals surface area contributed by atoms with E-state index in [9.17, 15) is 0 Å². The first kappa shape index (κ1) is 19.1. The molecule has 1 atom stereocenters. The molecule has 5 nitrogen and oxygen atoms in total. The molecule has 1 unspecified atom stereocenters. The van der Waals surface area contributed by atoms with Gasteiger partial charge in [0.15, 0.2) is 0 Å². The SMILES string of the molecule is CCc1ccc(C(NCc2nc(-c3cccc(OC)c3)no2)C(C)C)cc1. The second-order valence-corrected chi connectivity index (χ2v) is 6.94. The van der Waals surface area contributed by atoms with Gasteiger partial charge in [-0.1, -0.05) is 62.3 Å². The molecule has 0 radical (unpaired) electrons. The van der Waals surface area contributed by atoms with Crippen LogP contribution in [0.3, 0.4) is 0 Å². The van der Waals surface area contributed by atoms with E-state index in [1.165, 1.54) is 11.1 Å². The molecule has 0 fully saturated rings. The summed E-state index contributed by atoms with van der Waals surface area (Å²) in [5.41, 5.74) is 3.50. The van der Waals surface area contributed by atoms with Crippen molar-refractivity contribution < 1.29 is 9.26 Å². The number of aromatic nitrogens is 2. The average molecular weight is 365 g/mol. The standard InChI is InChI=1S/C22H27N3O2/c1-5-16-9-11-17(12-10-16)21(15(2)3)23-14-20-24-22(25-27-20)18-7-6-8-19(13-18)26-4/h6-13,15,21,23H,5,14H2,1-4H3. The van der Waals surface area contributed by atoms with Crippen LogP contribution in [-0.2, 0) is 13.0 Å². The fourth-order valence-electron chi connectivity index (χ4n) is 3.10. The van der Waals surface area contributed by atoms with Gasteiger partial charge in [0.05, 0.1) is 13.7 Å². The summed E-state index contributed by atoms with van der Waals surface area (Å²) < 4.78 is 10.7. The van der Waals surface area contributed by atoms with E-state index >= 15 is 0 Å². The lowest BCUT2D eigenvalue weighted by atomic mass is 9.95. The minimum absolute atomic E-state index is 0.225. The molecule has 1 heterocycles. The highest BCUT2D eigenvalue weighted by atomic mass is 16.5. The van der Waals surface area contributed by atoms with Crippen molar-refractivity contribution in [3.8, 4) is 17.1 Å². The van der Waals surface area contributed by atoms with Crippen LogP contribution in [-0.4, -0.2) is 17.3 Å². The molecule has 1 N–H and O–H groups in total. The van der Waals surface area contributed by atoms with Crippen molar-refractivity contribution in [2.45, 2.75) is 39.8 Å². The van der Waals surface area contributed by atoms with Gasteiger partial charge in [0, 0.05) is 11.6 Å². The number of hydrogen-bond acceptors (Lipinski definition) is 5. The maximum atomic E-state index is 5.43. The number of aryl methyl sites for hydroxylation is 1. The van der Waals surface area contributed by atoms with Crippen LogP contribution in [0.25, 0.3) is 11.4 Å². The van der Waals surface area contributed by atoms with Crippen molar-refractivity contribution >= 4 is 0 Å². The van der Waals surface area contributed by atoms with Crippen LogP contribution in [0.15, 0.2) is 53.1 Å². The van der Waals surface area contributed by atoms with Crippen molar-refractivity contribution in [3.05, 3.63) is 65.5 Å². The third-order valence-corrected chi connectivity index (χ3v) is 4.68. The number of nitrogens with one attached hydrogen (secondary N) is 1. The van der Waals surface area contributed by atoms with E-state index in [4.69, 9.17) is 9.26 Å². The van der Waals surface area contributed by atoms with Gasteiger partial charge in [-0.15, -0.1) is 0 Å². The van der Waals surface area contributed by atoms with Gasteiger partial charge in [-0.05, 0) is 35.6 Å². The fourth-order valence-corrected chi connectivity index (χ4v) is 3.10. The Morgan fingerprint density at radius 3 is 2.56 bits per heavy atom. The van der Waals surface area contributed by atoms with Crippen molar-refractivity contribution in [1.82, 2.24) is 15.5 Å². The number of nitrogens with zero attached hydrogens (tertiary/aromatic N) is 2. The zero-order valence-corrected chi connectivity index (χ0v) is 16.4. The number of methoxy groups -OCH3 is 1. The van der Waals surface area contributed by atoms with Crippen molar-refractivity contribution in [2.75, 3.05) is 7.11 Å². The third kappa shape index (κ3) is 4.74. The van der Waals surface area contributed by atoms with Crippen molar-refractivity contribution in [3.63, 3.8) is 0 Å². The quantitative estimate of drug-likeness (QED) is 0.622. The summed E-state index contributed by atoms with van der Waals surface area (Å²) in [6, 6.07) is 16.7. The molecule has 0 bridgehead atoms. The van der Waals surface area contributed by atoms with Gasteiger partial charge in [-0.3, -0.25) is 0 Å². The van der Waals surface area contributed by atoms with Crippen LogP contribution in [0.1, 0.15) is 43.8 Å². The van der Waals surface area contributed by atoms with Gasteiger partial charge >= 0.3 is 0 Å². The highest BCUT2D eigenvalue weighted by Gasteiger charge is 2.17. The van der Waals surface area contributed by atoms with E-state index in [0.717, 1.165) is 17.7 Å². The molecular weight excluding hydrogens is 338 g/mol. The molecule has 2 aromatic carbocycles. The molecule has 142 valence electrons. The highest BCUT2D eigenvalue weighted by Crippen LogP contribution is 2.24. The second-order valence-electron chi connectivity index (χ2n) is 6.94. The summed E-state index contributed by atoms with van der Waals surface area (Å²) in [5, 5.41) is 7.65. The van der Waals surface area contributed by atoms with Gasteiger partial charge in [0.1, 0.15) is 5.75 Å². The molecule has 0 aliphatic heterocycles. The predicted molar refractivity (Wildman–Crippen MR) is 107 cm³/mol. The molecular formula is C22H27N3O2. The average Bonchev–Trinajstić information content (AvgIpc) is 3.17. The first-order valence-corrected chi connectivity index (χ1v) is 9.40. The van der Waals surface area contributed by atoms with Crippen molar-refractivity contribution in [1.29, 1.82) is 0 Å². The summed E-state index contributed by atoms with van der Waals surface area (Å²) in [4.78, 5) is 4.51. The molecule has 1 aromatic heterocycles. The fraction of sp³-hybridized carbons (Fsp3) is 0.364. The van der Waals surface area contributed by atoms with Crippen molar-refractivity contribution in [2.24, 2.45) is 5.92 Å². The topological polar surface area (TPSA) is 60.2 Å². The van der Waals surface area contributed by atoms with Gasteiger partial charge in [0.25, 0.3) is 0 Å². The minimum atomic E-state index is 0.225. The predicted octanol–water partition coefficient (Wildman–Crippen LogP) is 4.79. The molecule has 0 aliphatic rings. The number of hydrogen-bond donors (Lipinski definition) is 1. The van der Waals surface area contributed by atoms with Crippen LogP contribution in [0.4, 0.5) is 0 Å². The normalized spacial score (nSPS) is 12.3.